The fraction of sp³-hybridized carbons (Fsp3) is 0.786. The minimum absolute atomic E-state index is 0.325. The largest absolute Gasteiger partial charge is 0.396 e. The second kappa shape index (κ2) is 6.34. The highest BCUT2D eigenvalue weighted by molar-refractivity contribution is 5.10. The summed E-state index contributed by atoms with van der Waals surface area (Å²) >= 11 is 0. The Morgan fingerprint density at radius 3 is 2.94 bits per heavy atom. The van der Waals surface area contributed by atoms with Crippen LogP contribution in [0.1, 0.15) is 38.1 Å². The first-order valence-corrected chi connectivity index (χ1v) is 7.15. The Morgan fingerprint density at radius 1 is 1.44 bits per heavy atom. The van der Waals surface area contributed by atoms with Gasteiger partial charge in [-0.2, -0.15) is 5.10 Å². The van der Waals surface area contributed by atoms with E-state index in [1.165, 1.54) is 17.8 Å². The van der Waals surface area contributed by atoms with Gasteiger partial charge < -0.3 is 5.11 Å². The van der Waals surface area contributed by atoms with Gasteiger partial charge in [-0.1, -0.05) is 6.92 Å². The average molecular weight is 251 g/mol. The van der Waals surface area contributed by atoms with E-state index in [2.05, 4.69) is 34.6 Å². The monoisotopic (exact) mass is 251 g/mol. The van der Waals surface area contributed by atoms with Gasteiger partial charge >= 0.3 is 0 Å². The fourth-order valence-electron chi connectivity index (χ4n) is 2.79. The summed E-state index contributed by atoms with van der Waals surface area (Å²) in [6, 6.07) is 2.24. The first kappa shape index (κ1) is 13.6. The average Bonchev–Trinajstić information content (AvgIpc) is 2.97. The summed E-state index contributed by atoms with van der Waals surface area (Å²) in [5.41, 5.74) is 2.52. The molecule has 1 fully saturated rings. The number of aliphatic hydroxyl groups is 1. The lowest BCUT2D eigenvalue weighted by molar-refractivity contribution is 0.248. The normalized spacial score (nSPS) is 20.7. The van der Waals surface area contributed by atoms with E-state index in [1.807, 2.05) is 0 Å². The molecule has 1 unspecified atom stereocenters. The lowest BCUT2D eigenvalue weighted by Gasteiger charge is -2.16. The first-order valence-electron chi connectivity index (χ1n) is 7.15. The Morgan fingerprint density at radius 2 is 2.28 bits per heavy atom. The summed E-state index contributed by atoms with van der Waals surface area (Å²) in [6.07, 6.45) is 3.18. The fourth-order valence-corrected chi connectivity index (χ4v) is 2.79. The highest BCUT2D eigenvalue weighted by Crippen LogP contribution is 2.21. The van der Waals surface area contributed by atoms with Crippen molar-refractivity contribution in [3.63, 3.8) is 0 Å². The Kier molecular flexibility index (Phi) is 4.78. The van der Waals surface area contributed by atoms with Crippen molar-refractivity contribution in [3.05, 3.63) is 17.5 Å². The molecule has 1 aromatic heterocycles. The van der Waals surface area contributed by atoms with Gasteiger partial charge in [0.25, 0.3) is 0 Å². The van der Waals surface area contributed by atoms with Crippen LogP contribution in [0, 0.1) is 5.92 Å². The van der Waals surface area contributed by atoms with Crippen LogP contribution >= 0.6 is 0 Å². The van der Waals surface area contributed by atoms with Crippen LogP contribution in [0.4, 0.5) is 0 Å². The molecule has 1 N–H and O–H groups in total. The van der Waals surface area contributed by atoms with Crippen LogP contribution in [0.3, 0.4) is 0 Å². The highest BCUT2D eigenvalue weighted by atomic mass is 16.3. The maximum Gasteiger partial charge on any atom is 0.0625 e. The van der Waals surface area contributed by atoms with Crippen molar-refractivity contribution in [2.75, 3.05) is 19.7 Å². The third-order valence-electron chi connectivity index (χ3n) is 3.87. The van der Waals surface area contributed by atoms with Crippen molar-refractivity contribution < 1.29 is 5.11 Å². The molecule has 102 valence electrons. The highest BCUT2D eigenvalue weighted by Gasteiger charge is 2.22. The molecule has 1 aliphatic rings. The molecule has 0 saturated carbocycles. The van der Waals surface area contributed by atoms with E-state index in [0.29, 0.717) is 12.5 Å². The van der Waals surface area contributed by atoms with Crippen LogP contribution in [-0.2, 0) is 19.5 Å². The first-order chi connectivity index (χ1) is 8.76. The molecule has 2 heterocycles. The Bertz CT molecular complexity index is 375. The van der Waals surface area contributed by atoms with Crippen molar-refractivity contribution in [1.29, 1.82) is 0 Å². The van der Waals surface area contributed by atoms with E-state index in [-0.39, 0.29) is 0 Å². The molecule has 0 amide bonds. The predicted octanol–water partition coefficient (Wildman–Crippen LogP) is 1.67. The molecule has 0 bridgehead atoms. The quantitative estimate of drug-likeness (QED) is 0.836. The van der Waals surface area contributed by atoms with Gasteiger partial charge in [0.2, 0.25) is 0 Å². The molecule has 0 spiro atoms. The van der Waals surface area contributed by atoms with E-state index in [9.17, 15) is 0 Å². The van der Waals surface area contributed by atoms with Crippen LogP contribution in [0.5, 0.6) is 0 Å². The molecule has 1 saturated heterocycles. The number of hydrogen-bond acceptors (Lipinski definition) is 3. The van der Waals surface area contributed by atoms with Gasteiger partial charge in [0.1, 0.15) is 0 Å². The maximum absolute atomic E-state index is 8.99. The van der Waals surface area contributed by atoms with Crippen LogP contribution in [0.2, 0.25) is 0 Å². The van der Waals surface area contributed by atoms with E-state index < -0.39 is 0 Å². The van der Waals surface area contributed by atoms with Gasteiger partial charge in [-0.3, -0.25) is 9.58 Å². The topological polar surface area (TPSA) is 41.3 Å². The van der Waals surface area contributed by atoms with Crippen LogP contribution in [0.15, 0.2) is 6.07 Å². The third-order valence-corrected chi connectivity index (χ3v) is 3.87. The smallest absolute Gasteiger partial charge is 0.0625 e. The lowest BCUT2D eigenvalue weighted by atomic mass is 10.1. The Balaban J connectivity index is 1.95. The number of aromatic nitrogens is 2. The van der Waals surface area contributed by atoms with E-state index >= 15 is 0 Å². The van der Waals surface area contributed by atoms with E-state index in [0.717, 1.165) is 39.0 Å². The molecular weight excluding hydrogens is 226 g/mol. The van der Waals surface area contributed by atoms with Crippen LogP contribution in [0.25, 0.3) is 0 Å². The molecule has 0 aromatic carbocycles. The maximum atomic E-state index is 8.99. The van der Waals surface area contributed by atoms with E-state index in [1.54, 1.807) is 0 Å². The zero-order valence-corrected chi connectivity index (χ0v) is 11.6. The summed E-state index contributed by atoms with van der Waals surface area (Å²) in [5, 5.41) is 13.6. The zero-order valence-electron chi connectivity index (χ0n) is 11.6. The summed E-state index contributed by atoms with van der Waals surface area (Å²) in [4.78, 5) is 2.49. The predicted molar refractivity (Wildman–Crippen MR) is 72.4 cm³/mol. The molecular formula is C14H25N3O. The van der Waals surface area contributed by atoms with Gasteiger partial charge in [0.15, 0.2) is 0 Å². The Labute approximate surface area is 110 Å². The van der Waals surface area contributed by atoms with Crippen LogP contribution in [-0.4, -0.2) is 39.5 Å². The molecule has 1 aliphatic heterocycles. The molecule has 0 aliphatic carbocycles. The SMILES string of the molecule is CCc1cc(CN2CCC(CCO)C2)n(CC)n1. The number of likely N-dealkylation sites (tertiary alicyclic amines) is 1. The van der Waals surface area contributed by atoms with Crippen molar-refractivity contribution in [1.82, 2.24) is 14.7 Å². The number of rotatable bonds is 6. The minimum Gasteiger partial charge on any atom is -0.396 e. The Hall–Kier alpha value is -0.870. The third kappa shape index (κ3) is 3.12. The molecule has 2 rings (SSSR count). The number of hydrogen-bond donors (Lipinski definition) is 1. The number of aliphatic hydroxyl groups excluding tert-OH is 1. The van der Waals surface area contributed by atoms with Gasteiger partial charge in [0, 0.05) is 26.2 Å². The minimum atomic E-state index is 0.325. The molecule has 0 radical (unpaired) electrons. The van der Waals surface area contributed by atoms with Crippen LogP contribution < -0.4 is 0 Å². The van der Waals surface area contributed by atoms with Crippen molar-refractivity contribution >= 4 is 0 Å². The molecule has 18 heavy (non-hydrogen) atoms. The second-order valence-corrected chi connectivity index (χ2v) is 5.20. The molecule has 1 aromatic rings. The summed E-state index contributed by atoms with van der Waals surface area (Å²) in [7, 11) is 0. The molecule has 4 heteroatoms. The summed E-state index contributed by atoms with van der Waals surface area (Å²) < 4.78 is 2.12. The van der Waals surface area contributed by atoms with Gasteiger partial charge in [0.05, 0.1) is 11.4 Å². The molecule has 4 nitrogen and oxygen atoms in total. The lowest BCUT2D eigenvalue weighted by Crippen LogP contribution is -2.22. The van der Waals surface area contributed by atoms with Gasteiger partial charge in [-0.15, -0.1) is 0 Å². The van der Waals surface area contributed by atoms with E-state index in [4.69, 9.17) is 5.11 Å². The van der Waals surface area contributed by atoms with Gasteiger partial charge in [-0.05, 0) is 44.7 Å². The van der Waals surface area contributed by atoms with Crippen molar-refractivity contribution in [2.45, 2.75) is 46.2 Å². The number of nitrogens with zero attached hydrogens (tertiary/aromatic N) is 3. The zero-order chi connectivity index (χ0) is 13.0. The van der Waals surface area contributed by atoms with Gasteiger partial charge in [-0.25, -0.2) is 0 Å². The standard InChI is InChI=1S/C14H25N3O/c1-3-13-9-14(17(4-2)15-13)11-16-7-5-12(10-16)6-8-18/h9,12,18H,3-8,10-11H2,1-2H3. The second-order valence-electron chi connectivity index (χ2n) is 5.20. The summed E-state index contributed by atoms with van der Waals surface area (Å²) in [6.45, 7) is 8.85. The van der Waals surface area contributed by atoms with Crippen molar-refractivity contribution in [2.24, 2.45) is 5.92 Å². The molecule has 1 atom stereocenters. The van der Waals surface area contributed by atoms with Crippen molar-refractivity contribution in [3.8, 4) is 0 Å². The summed E-state index contributed by atoms with van der Waals surface area (Å²) in [5.74, 6) is 0.679. The number of aryl methyl sites for hydroxylation is 2.